The summed E-state index contributed by atoms with van der Waals surface area (Å²) in [6.45, 7) is 0.0852. The molecule has 1 N–H and O–H groups in total. The maximum atomic E-state index is 11.3. The van der Waals surface area contributed by atoms with Gasteiger partial charge in [0.05, 0.1) is 14.2 Å². The number of methoxy groups -OCH3 is 2. The van der Waals surface area contributed by atoms with E-state index in [0.29, 0.717) is 18.0 Å². The van der Waals surface area contributed by atoms with Gasteiger partial charge in [0.15, 0.2) is 0 Å². The van der Waals surface area contributed by atoms with Crippen LogP contribution in [0.1, 0.15) is 5.56 Å². The summed E-state index contributed by atoms with van der Waals surface area (Å²) in [7, 11) is 3.11. The molecule has 0 aliphatic rings. The highest BCUT2D eigenvalue weighted by atomic mass is 16.5. The lowest BCUT2D eigenvalue weighted by atomic mass is 10.2. The van der Waals surface area contributed by atoms with E-state index in [9.17, 15) is 4.79 Å². The van der Waals surface area contributed by atoms with Gasteiger partial charge in [0, 0.05) is 23.1 Å². The van der Waals surface area contributed by atoms with E-state index in [2.05, 4.69) is 15.3 Å². The van der Waals surface area contributed by atoms with Gasteiger partial charge in [-0.1, -0.05) is 5.11 Å². The molecule has 18 heavy (non-hydrogen) atoms. The number of benzene rings is 1. The molecule has 0 radical (unpaired) electrons. The van der Waals surface area contributed by atoms with Crippen LogP contribution in [0.3, 0.4) is 0 Å². The summed E-state index contributed by atoms with van der Waals surface area (Å²) in [5.41, 5.74) is 8.90. The number of nitrogens with one attached hydrogen (secondary N) is 1. The molecule has 0 aliphatic heterocycles. The molecule has 0 aliphatic carbocycles. The zero-order valence-electron chi connectivity index (χ0n) is 10.2. The van der Waals surface area contributed by atoms with Crippen molar-refractivity contribution in [1.82, 2.24) is 5.32 Å². The summed E-state index contributed by atoms with van der Waals surface area (Å²) >= 11 is 0. The molecule has 7 nitrogen and oxygen atoms in total. The van der Waals surface area contributed by atoms with Crippen molar-refractivity contribution in [2.45, 2.75) is 6.54 Å². The number of hydrogen-bond donors (Lipinski definition) is 1. The Kier molecular flexibility index (Phi) is 5.34. The van der Waals surface area contributed by atoms with Gasteiger partial charge in [0.1, 0.15) is 18.0 Å². The molecule has 0 heterocycles. The number of rotatable bonds is 6. The number of carbonyl (C=O) groups excluding carboxylic acids is 1. The molecule has 0 saturated carbocycles. The van der Waals surface area contributed by atoms with Gasteiger partial charge in [-0.05, 0) is 17.7 Å². The van der Waals surface area contributed by atoms with Crippen LogP contribution in [-0.4, -0.2) is 26.7 Å². The third kappa shape index (κ3) is 3.88. The first-order valence-corrected chi connectivity index (χ1v) is 5.19. The molecule has 1 rings (SSSR count). The lowest BCUT2D eigenvalue weighted by Crippen LogP contribution is -2.25. The summed E-state index contributed by atoms with van der Waals surface area (Å²) in [6, 6.07) is 5.30. The lowest BCUT2D eigenvalue weighted by Gasteiger charge is -2.10. The smallest absolute Gasteiger partial charge is 0.226 e. The third-order valence-electron chi connectivity index (χ3n) is 2.25. The Balaban J connectivity index is 2.66. The van der Waals surface area contributed by atoms with Crippen molar-refractivity contribution in [3.05, 3.63) is 34.2 Å². The number of azide groups is 1. The van der Waals surface area contributed by atoms with Crippen LogP contribution in [-0.2, 0) is 11.3 Å². The topological polar surface area (TPSA) is 96.3 Å². The molecule has 96 valence electrons. The highest BCUT2D eigenvalue weighted by Crippen LogP contribution is 2.24. The highest BCUT2D eigenvalue weighted by molar-refractivity contribution is 5.78. The highest BCUT2D eigenvalue weighted by Gasteiger charge is 2.06. The molecule has 0 aromatic heterocycles. The molecular weight excluding hydrogens is 236 g/mol. The normalized spacial score (nSPS) is 9.22. The van der Waals surface area contributed by atoms with E-state index in [0.717, 1.165) is 5.56 Å². The van der Waals surface area contributed by atoms with Gasteiger partial charge in [-0.3, -0.25) is 4.79 Å². The number of hydrogen-bond acceptors (Lipinski definition) is 4. The fraction of sp³-hybridized carbons (Fsp3) is 0.364. The third-order valence-corrected chi connectivity index (χ3v) is 2.25. The molecule has 0 unspecified atom stereocenters. The average molecular weight is 250 g/mol. The van der Waals surface area contributed by atoms with Crippen LogP contribution in [0.25, 0.3) is 10.4 Å². The Bertz CT molecular complexity index is 469. The van der Waals surface area contributed by atoms with Gasteiger partial charge >= 0.3 is 0 Å². The molecule has 1 amide bonds. The van der Waals surface area contributed by atoms with Crippen molar-refractivity contribution in [3.63, 3.8) is 0 Å². The van der Waals surface area contributed by atoms with Crippen LogP contribution < -0.4 is 14.8 Å². The maximum Gasteiger partial charge on any atom is 0.226 e. The second kappa shape index (κ2) is 7.03. The molecule has 0 fully saturated rings. The lowest BCUT2D eigenvalue weighted by molar-refractivity contribution is -0.119. The Hall–Kier alpha value is -2.40. The van der Waals surface area contributed by atoms with E-state index in [1.54, 1.807) is 32.4 Å². The number of amides is 1. The van der Waals surface area contributed by atoms with Gasteiger partial charge in [-0.25, -0.2) is 0 Å². The minimum absolute atomic E-state index is 0.213. The molecule has 1 aromatic rings. The Labute approximate surface area is 104 Å². The van der Waals surface area contributed by atoms with Gasteiger partial charge < -0.3 is 14.8 Å². The minimum Gasteiger partial charge on any atom is -0.497 e. The summed E-state index contributed by atoms with van der Waals surface area (Å²) < 4.78 is 10.3. The van der Waals surface area contributed by atoms with Crippen molar-refractivity contribution in [2.75, 3.05) is 20.8 Å². The van der Waals surface area contributed by atoms with Crippen LogP contribution in [0.5, 0.6) is 11.5 Å². The van der Waals surface area contributed by atoms with Crippen LogP contribution in [0, 0.1) is 0 Å². The first-order valence-electron chi connectivity index (χ1n) is 5.19. The maximum absolute atomic E-state index is 11.3. The fourth-order valence-corrected chi connectivity index (χ4v) is 1.34. The molecule has 0 saturated heterocycles. The average Bonchev–Trinajstić information content (AvgIpc) is 2.42. The molecule has 0 bridgehead atoms. The molecular formula is C11H14N4O3. The standard InChI is InChI=1S/C11H14N4O3/c1-17-9-4-3-8(10(5-9)18-2)6-13-11(16)7-14-15-12/h3-5H,6-7H2,1-2H3,(H,13,16). The fourth-order valence-electron chi connectivity index (χ4n) is 1.34. The summed E-state index contributed by atoms with van der Waals surface area (Å²) in [4.78, 5) is 13.8. The molecule has 0 atom stereocenters. The first kappa shape index (κ1) is 13.7. The van der Waals surface area contributed by atoms with E-state index in [1.165, 1.54) is 0 Å². The Morgan fingerprint density at radius 3 is 2.83 bits per heavy atom. The van der Waals surface area contributed by atoms with Crippen molar-refractivity contribution in [2.24, 2.45) is 5.11 Å². The van der Waals surface area contributed by atoms with Crippen LogP contribution in [0.15, 0.2) is 23.3 Å². The zero-order valence-corrected chi connectivity index (χ0v) is 10.2. The quantitative estimate of drug-likeness (QED) is 0.472. The van der Waals surface area contributed by atoms with Crippen molar-refractivity contribution in [1.29, 1.82) is 0 Å². The van der Waals surface area contributed by atoms with Crippen LogP contribution in [0.4, 0.5) is 0 Å². The van der Waals surface area contributed by atoms with Gasteiger partial charge in [-0.2, -0.15) is 0 Å². The van der Waals surface area contributed by atoms with Crippen LogP contribution in [0.2, 0.25) is 0 Å². The van der Waals surface area contributed by atoms with E-state index >= 15 is 0 Å². The van der Waals surface area contributed by atoms with Crippen molar-refractivity contribution >= 4 is 5.91 Å². The van der Waals surface area contributed by atoms with E-state index in [-0.39, 0.29) is 12.5 Å². The van der Waals surface area contributed by atoms with Crippen molar-refractivity contribution < 1.29 is 14.3 Å². The van der Waals surface area contributed by atoms with Crippen LogP contribution >= 0.6 is 0 Å². The summed E-state index contributed by atoms with van der Waals surface area (Å²) in [5.74, 6) is 0.958. The number of nitrogens with zero attached hydrogens (tertiary/aromatic N) is 3. The van der Waals surface area contributed by atoms with Gasteiger partial charge in [-0.15, -0.1) is 0 Å². The number of carbonyl (C=O) groups is 1. The molecule has 1 aromatic carbocycles. The Morgan fingerprint density at radius 1 is 1.44 bits per heavy atom. The van der Waals surface area contributed by atoms with Gasteiger partial charge in [0.2, 0.25) is 5.91 Å². The largest absolute Gasteiger partial charge is 0.497 e. The predicted octanol–water partition coefficient (Wildman–Crippen LogP) is 1.63. The van der Waals surface area contributed by atoms with Gasteiger partial charge in [0.25, 0.3) is 0 Å². The van der Waals surface area contributed by atoms with E-state index in [4.69, 9.17) is 15.0 Å². The summed E-state index contributed by atoms with van der Waals surface area (Å²) in [5, 5.41) is 5.79. The molecule has 0 spiro atoms. The minimum atomic E-state index is -0.342. The number of ether oxygens (including phenoxy) is 2. The summed E-state index contributed by atoms with van der Waals surface area (Å²) in [6.07, 6.45) is 0. The van der Waals surface area contributed by atoms with Crippen molar-refractivity contribution in [3.8, 4) is 11.5 Å². The first-order chi connectivity index (χ1) is 8.71. The zero-order chi connectivity index (χ0) is 13.4. The molecule has 7 heteroatoms. The second-order valence-electron chi connectivity index (χ2n) is 3.34. The Morgan fingerprint density at radius 2 is 2.22 bits per heavy atom. The second-order valence-corrected chi connectivity index (χ2v) is 3.34. The SMILES string of the molecule is COc1ccc(CNC(=O)CN=[N+]=[N-])c(OC)c1. The van der Waals surface area contributed by atoms with E-state index < -0.39 is 0 Å². The van der Waals surface area contributed by atoms with E-state index in [1.807, 2.05) is 0 Å². The monoisotopic (exact) mass is 250 g/mol. The predicted molar refractivity (Wildman–Crippen MR) is 65.4 cm³/mol.